The Kier molecular flexibility index (Phi) is 8.10. The van der Waals surface area contributed by atoms with E-state index in [1.165, 1.54) is 59.9 Å². The van der Waals surface area contributed by atoms with Crippen LogP contribution in [0.2, 0.25) is 0 Å². The fourth-order valence-corrected chi connectivity index (χ4v) is 11.3. The van der Waals surface area contributed by atoms with E-state index < -0.39 is 5.41 Å². The van der Waals surface area contributed by atoms with Gasteiger partial charge in [0.1, 0.15) is 0 Å². The summed E-state index contributed by atoms with van der Waals surface area (Å²) >= 11 is 1.93. The van der Waals surface area contributed by atoms with Crippen LogP contribution >= 0.6 is 11.8 Å². The SMILES string of the molecule is C1=C2C(=C(c3cccc4cccnc34)CC1)Sc1c(-c3cccc(-c4nc(-c5ccccc5)nc(-c5ccccc5)n4)c3)cccc1C21c2ccccc2-c2ccccc21. The Morgan fingerprint density at radius 3 is 1.70 bits per heavy atom. The fourth-order valence-electron chi connectivity index (χ4n) is 9.77. The molecule has 0 saturated carbocycles. The molecule has 0 amide bonds. The van der Waals surface area contributed by atoms with E-state index in [2.05, 4.69) is 146 Å². The van der Waals surface area contributed by atoms with E-state index in [9.17, 15) is 0 Å². The van der Waals surface area contributed by atoms with Crippen molar-refractivity contribution < 1.29 is 0 Å². The lowest BCUT2D eigenvalue weighted by molar-refractivity contribution is 0.727. The zero-order valence-electron chi connectivity index (χ0n) is 32.6. The first-order chi connectivity index (χ1) is 29.8. The summed E-state index contributed by atoms with van der Waals surface area (Å²) in [6, 6.07) is 65.0. The highest BCUT2D eigenvalue weighted by molar-refractivity contribution is 8.03. The number of rotatable bonds is 5. The molecule has 0 radical (unpaired) electrons. The van der Waals surface area contributed by atoms with Crippen LogP contribution in [-0.2, 0) is 5.41 Å². The monoisotopic (exact) mass is 784 g/mol. The van der Waals surface area contributed by atoms with Crippen molar-refractivity contribution in [1.29, 1.82) is 0 Å². The summed E-state index contributed by atoms with van der Waals surface area (Å²) in [5.74, 6) is 1.94. The highest BCUT2D eigenvalue weighted by atomic mass is 32.2. The van der Waals surface area contributed by atoms with E-state index >= 15 is 0 Å². The first kappa shape index (κ1) is 34.8. The zero-order valence-corrected chi connectivity index (χ0v) is 33.4. The second-order valence-corrected chi connectivity index (χ2v) is 16.6. The number of fused-ring (bicyclic) bond motifs is 10. The molecule has 3 aliphatic rings. The lowest BCUT2D eigenvalue weighted by Crippen LogP contribution is -2.34. The van der Waals surface area contributed by atoms with Crippen molar-refractivity contribution >= 4 is 28.2 Å². The average Bonchev–Trinajstić information content (AvgIpc) is 3.62. The van der Waals surface area contributed by atoms with E-state index in [1.807, 2.05) is 60.4 Å². The smallest absolute Gasteiger partial charge is 0.164 e. The number of para-hydroxylation sites is 1. The van der Waals surface area contributed by atoms with Crippen LogP contribution in [0.1, 0.15) is 35.1 Å². The molecule has 0 N–H and O–H groups in total. The van der Waals surface area contributed by atoms with Gasteiger partial charge >= 0.3 is 0 Å². The number of pyridine rings is 1. The number of aromatic nitrogens is 4. The molecule has 2 aliphatic carbocycles. The highest BCUT2D eigenvalue weighted by Gasteiger charge is 2.53. The molecular weight excluding hydrogens is 749 g/mol. The van der Waals surface area contributed by atoms with Gasteiger partial charge in [-0.1, -0.05) is 188 Å². The topological polar surface area (TPSA) is 51.6 Å². The molecule has 0 saturated heterocycles. The molecule has 0 unspecified atom stereocenters. The van der Waals surface area contributed by atoms with Gasteiger partial charge in [0.2, 0.25) is 0 Å². The van der Waals surface area contributed by atoms with Gasteiger partial charge < -0.3 is 0 Å². The van der Waals surface area contributed by atoms with Gasteiger partial charge in [-0.2, -0.15) is 0 Å². The Labute approximate surface area is 353 Å². The quantitative estimate of drug-likeness (QED) is 0.174. The van der Waals surface area contributed by atoms with E-state index in [4.69, 9.17) is 19.9 Å². The molecule has 0 fully saturated rings. The van der Waals surface area contributed by atoms with Crippen molar-refractivity contribution in [2.75, 3.05) is 0 Å². The highest BCUT2D eigenvalue weighted by Crippen LogP contribution is 2.66. The van der Waals surface area contributed by atoms with Crippen molar-refractivity contribution in [2.45, 2.75) is 23.2 Å². The molecule has 1 aliphatic heterocycles. The maximum absolute atomic E-state index is 5.10. The molecule has 9 aromatic rings. The van der Waals surface area contributed by atoms with E-state index in [-0.39, 0.29) is 0 Å². The fraction of sp³-hybridized carbons (Fsp3) is 0.0545. The molecule has 7 aromatic carbocycles. The largest absolute Gasteiger partial charge is 0.256 e. The van der Waals surface area contributed by atoms with Crippen LogP contribution in [0, 0.1) is 0 Å². The first-order valence-electron chi connectivity index (χ1n) is 20.5. The maximum atomic E-state index is 5.10. The lowest BCUT2D eigenvalue weighted by atomic mass is 9.64. The zero-order chi connectivity index (χ0) is 39.6. The third-order valence-corrected chi connectivity index (χ3v) is 13.6. The molecular formula is C55H36N4S. The van der Waals surface area contributed by atoms with Gasteiger partial charge in [0.15, 0.2) is 17.5 Å². The molecule has 60 heavy (non-hydrogen) atoms. The Morgan fingerprint density at radius 1 is 0.450 bits per heavy atom. The van der Waals surface area contributed by atoms with Crippen molar-refractivity contribution in [1.82, 2.24) is 19.9 Å². The minimum Gasteiger partial charge on any atom is -0.256 e. The predicted octanol–water partition coefficient (Wildman–Crippen LogP) is 13.6. The van der Waals surface area contributed by atoms with Crippen molar-refractivity contribution in [3.8, 4) is 56.4 Å². The molecule has 0 bridgehead atoms. The Balaban J connectivity index is 1.10. The third-order valence-electron chi connectivity index (χ3n) is 12.3. The third kappa shape index (κ3) is 5.32. The van der Waals surface area contributed by atoms with Gasteiger partial charge in [-0.3, -0.25) is 4.98 Å². The molecule has 1 spiro atoms. The predicted molar refractivity (Wildman–Crippen MR) is 245 cm³/mol. The van der Waals surface area contributed by atoms with Crippen LogP contribution in [0.25, 0.3) is 72.9 Å². The number of hydrogen-bond donors (Lipinski definition) is 0. The average molecular weight is 785 g/mol. The molecule has 282 valence electrons. The van der Waals surface area contributed by atoms with Gasteiger partial charge in [-0.05, 0) is 75.1 Å². The van der Waals surface area contributed by atoms with Gasteiger partial charge in [0.05, 0.1) is 10.9 Å². The second-order valence-electron chi connectivity index (χ2n) is 15.6. The van der Waals surface area contributed by atoms with Gasteiger partial charge in [-0.15, -0.1) is 0 Å². The lowest BCUT2D eigenvalue weighted by Gasteiger charge is -2.44. The summed E-state index contributed by atoms with van der Waals surface area (Å²) in [6.45, 7) is 0. The van der Waals surface area contributed by atoms with Crippen molar-refractivity contribution in [3.63, 3.8) is 0 Å². The van der Waals surface area contributed by atoms with Crippen molar-refractivity contribution in [3.05, 3.63) is 227 Å². The Hall–Kier alpha value is -7.21. The number of hydrogen-bond acceptors (Lipinski definition) is 5. The first-order valence-corrected chi connectivity index (χ1v) is 21.3. The minimum absolute atomic E-state index is 0.496. The van der Waals surface area contributed by atoms with E-state index in [0.717, 1.165) is 46.0 Å². The normalized spacial score (nSPS) is 14.6. The Morgan fingerprint density at radius 2 is 0.983 bits per heavy atom. The molecule has 12 rings (SSSR count). The summed E-state index contributed by atoms with van der Waals surface area (Å²) < 4.78 is 0. The van der Waals surface area contributed by atoms with E-state index in [0.29, 0.717) is 17.5 Å². The number of thioether (sulfide) groups is 1. The van der Waals surface area contributed by atoms with E-state index in [1.54, 1.807) is 0 Å². The van der Waals surface area contributed by atoms with Crippen LogP contribution in [0.3, 0.4) is 0 Å². The molecule has 2 aromatic heterocycles. The van der Waals surface area contributed by atoms with Gasteiger partial charge in [0.25, 0.3) is 0 Å². The number of nitrogens with zero attached hydrogens (tertiary/aromatic N) is 4. The van der Waals surface area contributed by atoms with Crippen LogP contribution in [-0.4, -0.2) is 19.9 Å². The summed E-state index contributed by atoms with van der Waals surface area (Å²) in [5, 5.41) is 1.16. The van der Waals surface area contributed by atoms with Crippen LogP contribution < -0.4 is 0 Å². The molecule has 5 heteroatoms. The number of benzene rings is 7. The Bertz CT molecular complexity index is 3130. The summed E-state index contributed by atoms with van der Waals surface area (Å²) in [7, 11) is 0. The molecule has 0 atom stereocenters. The van der Waals surface area contributed by atoms with Crippen molar-refractivity contribution in [2.24, 2.45) is 0 Å². The summed E-state index contributed by atoms with van der Waals surface area (Å²) in [6.07, 6.45) is 6.37. The molecule has 4 nitrogen and oxygen atoms in total. The second kappa shape index (κ2) is 14.0. The van der Waals surface area contributed by atoms with Crippen LogP contribution in [0.15, 0.2) is 210 Å². The van der Waals surface area contributed by atoms with Gasteiger partial charge in [0, 0.05) is 43.6 Å². The molecule has 3 heterocycles. The van der Waals surface area contributed by atoms with Crippen LogP contribution in [0.4, 0.5) is 0 Å². The summed E-state index contributed by atoms with van der Waals surface area (Å²) in [5.41, 5.74) is 16.3. The standard InChI is InChI=1S/C55H36N4S/c1-3-16-36(17-4-1)52-57-53(37-18-5-2-6-19-37)59-54(58-52)39-22-11-21-38(34-39)40-26-13-31-47-50(40)60-51-44(43-27-12-20-35-23-15-33-56-49(35)43)28-14-32-48(51)55(47)45-29-9-7-24-41(45)42-25-8-10-30-46(42)55/h1-13,15-27,29-34H,14,28H2. The van der Waals surface area contributed by atoms with Gasteiger partial charge in [-0.25, -0.2) is 15.0 Å². The minimum atomic E-state index is -0.496. The number of allylic oxidation sites excluding steroid dienone is 3. The summed E-state index contributed by atoms with van der Waals surface area (Å²) in [4.78, 5) is 22.7. The maximum Gasteiger partial charge on any atom is 0.164 e. The van der Waals surface area contributed by atoms with Crippen LogP contribution in [0.5, 0.6) is 0 Å².